The van der Waals surface area contributed by atoms with Crippen molar-refractivity contribution in [3.63, 3.8) is 0 Å². The third-order valence-electron chi connectivity index (χ3n) is 5.88. The van der Waals surface area contributed by atoms with Crippen LogP contribution in [0.15, 0.2) is 67.1 Å². The van der Waals surface area contributed by atoms with Crippen LogP contribution in [0.4, 0.5) is 0 Å². The third kappa shape index (κ3) is 3.50. The van der Waals surface area contributed by atoms with E-state index in [9.17, 15) is 13.2 Å². The normalized spacial score (nSPS) is 22.4. The predicted molar refractivity (Wildman–Crippen MR) is 117 cm³/mol. The van der Waals surface area contributed by atoms with Crippen LogP contribution in [0.3, 0.4) is 0 Å². The van der Waals surface area contributed by atoms with Crippen molar-refractivity contribution >= 4 is 27.5 Å². The molecule has 31 heavy (non-hydrogen) atoms. The smallest absolute Gasteiger partial charge is 0.253 e. The summed E-state index contributed by atoms with van der Waals surface area (Å²) in [6, 6.07) is 14.3. The van der Waals surface area contributed by atoms with Gasteiger partial charge in [-0.2, -0.15) is 4.31 Å². The molecule has 9 heteroatoms. The molecule has 0 bridgehead atoms. The Bertz CT molecular complexity index is 1220. The number of nitrogens with zero attached hydrogens (tertiary/aromatic N) is 4. The minimum atomic E-state index is -3.43. The van der Waals surface area contributed by atoms with Gasteiger partial charge in [0.1, 0.15) is 10.4 Å². The molecule has 0 radical (unpaired) electrons. The van der Waals surface area contributed by atoms with Crippen LogP contribution in [0.1, 0.15) is 21.2 Å². The molecule has 0 aliphatic carbocycles. The monoisotopic (exact) mass is 454 g/mol. The van der Waals surface area contributed by atoms with Crippen molar-refractivity contribution in [2.24, 2.45) is 0 Å². The van der Waals surface area contributed by atoms with E-state index in [0.717, 1.165) is 11.1 Å². The first-order valence-corrected chi connectivity index (χ1v) is 11.7. The molecule has 5 rings (SSSR count). The van der Waals surface area contributed by atoms with E-state index in [4.69, 9.17) is 11.6 Å². The van der Waals surface area contributed by atoms with Gasteiger partial charge in [0.05, 0.1) is 6.04 Å². The standard InChI is InChI=1S/C22H19ClN4O3S/c23-20-6-5-18(13-25-20)21-19-14-26(11-12-27(19)31(21,29)30)22(28)17-3-1-15(2-4-17)16-7-9-24-10-8-16/h1-10,13,19,21H,11-12,14H2. The van der Waals surface area contributed by atoms with E-state index in [1.165, 1.54) is 10.5 Å². The number of amides is 1. The Balaban J connectivity index is 1.34. The van der Waals surface area contributed by atoms with Crippen LogP contribution in [-0.4, -0.2) is 59.2 Å². The summed E-state index contributed by atoms with van der Waals surface area (Å²) in [6.07, 6.45) is 4.96. The number of sulfonamides is 1. The maximum absolute atomic E-state index is 13.1. The zero-order valence-electron chi connectivity index (χ0n) is 16.4. The van der Waals surface area contributed by atoms with Crippen LogP contribution in [0, 0.1) is 0 Å². The van der Waals surface area contributed by atoms with Crippen LogP contribution >= 0.6 is 11.6 Å². The van der Waals surface area contributed by atoms with Crippen molar-refractivity contribution in [3.05, 3.63) is 83.4 Å². The van der Waals surface area contributed by atoms with Crippen molar-refractivity contribution in [1.29, 1.82) is 0 Å². The van der Waals surface area contributed by atoms with Gasteiger partial charge in [0.2, 0.25) is 10.0 Å². The minimum absolute atomic E-state index is 0.0989. The molecule has 1 amide bonds. The quantitative estimate of drug-likeness (QED) is 0.568. The molecule has 2 aliphatic heterocycles. The Hall–Kier alpha value is -2.81. The maximum Gasteiger partial charge on any atom is 0.253 e. The second-order valence-electron chi connectivity index (χ2n) is 7.62. The van der Waals surface area contributed by atoms with Gasteiger partial charge in [0, 0.05) is 43.8 Å². The van der Waals surface area contributed by atoms with Crippen LogP contribution in [0.2, 0.25) is 5.15 Å². The highest BCUT2D eigenvalue weighted by molar-refractivity contribution is 7.90. The lowest BCUT2D eigenvalue weighted by molar-refractivity contribution is 0.0566. The molecule has 2 unspecified atom stereocenters. The van der Waals surface area contributed by atoms with Crippen LogP contribution in [-0.2, 0) is 10.0 Å². The van der Waals surface area contributed by atoms with Gasteiger partial charge in [-0.1, -0.05) is 29.8 Å². The van der Waals surface area contributed by atoms with Gasteiger partial charge >= 0.3 is 0 Å². The SMILES string of the molecule is O=C(c1ccc(-c2ccncc2)cc1)N1CCN2C(C1)C(c1ccc(Cl)nc1)S2(=O)=O. The summed E-state index contributed by atoms with van der Waals surface area (Å²) in [5, 5.41) is -0.394. The number of piperazine rings is 1. The Morgan fingerprint density at radius 2 is 1.68 bits per heavy atom. The van der Waals surface area contributed by atoms with E-state index >= 15 is 0 Å². The zero-order valence-corrected chi connectivity index (χ0v) is 18.0. The summed E-state index contributed by atoms with van der Waals surface area (Å²) in [6.45, 7) is 1.01. The molecule has 1 aromatic carbocycles. The van der Waals surface area contributed by atoms with Crippen molar-refractivity contribution in [2.75, 3.05) is 19.6 Å². The number of hydrogen-bond donors (Lipinski definition) is 0. The number of fused-ring (bicyclic) bond motifs is 1. The highest BCUT2D eigenvalue weighted by Crippen LogP contribution is 2.44. The molecule has 4 heterocycles. The summed E-state index contributed by atoms with van der Waals surface area (Å²) in [7, 11) is -3.43. The van der Waals surface area contributed by atoms with Gasteiger partial charge in [-0.15, -0.1) is 0 Å². The van der Waals surface area contributed by atoms with E-state index in [0.29, 0.717) is 35.9 Å². The van der Waals surface area contributed by atoms with Crippen LogP contribution < -0.4 is 0 Å². The number of benzene rings is 1. The summed E-state index contributed by atoms with van der Waals surface area (Å²) in [4.78, 5) is 22.9. The Kier molecular flexibility index (Phi) is 5.00. The molecule has 0 spiro atoms. The van der Waals surface area contributed by atoms with Gasteiger partial charge in [-0.3, -0.25) is 9.78 Å². The molecule has 2 aromatic heterocycles. The Morgan fingerprint density at radius 3 is 2.35 bits per heavy atom. The summed E-state index contributed by atoms with van der Waals surface area (Å²) < 4.78 is 27.0. The fraction of sp³-hybridized carbons (Fsp3) is 0.227. The summed E-state index contributed by atoms with van der Waals surface area (Å²) in [5.41, 5.74) is 3.21. The third-order valence-corrected chi connectivity index (χ3v) is 8.44. The molecule has 2 aliphatic rings. The first kappa shape index (κ1) is 20.1. The van der Waals surface area contributed by atoms with Crippen molar-refractivity contribution in [3.8, 4) is 11.1 Å². The fourth-order valence-corrected chi connectivity index (χ4v) is 6.53. The van der Waals surface area contributed by atoms with Crippen LogP contribution in [0.25, 0.3) is 11.1 Å². The highest BCUT2D eigenvalue weighted by atomic mass is 35.5. The molecule has 0 N–H and O–H groups in total. The molecule has 158 valence electrons. The highest BCUT2D eigenvalue weighted by Gasteiger charge is 2.56. The maximum atomic E-state index is 13.1. The second-order valence-corrected chi connectivity index (χ2v) is 10.0. The molecular formula is C22H19ClN4O3S. The number of halogens is 1. The number of aromatic nitrogens is 2. The van der Waals surface area contributed by atoms with Crippen molar-refractivity contribution < 1.29 is 13.2 Å². The molecule has 2 atom stereocenters. The van der Waals surface area contributed by atoms with E-state index in [2.05, 4.69) is 9.97 Å². The predicted octanol–water partition coefficient (Wildman–Crippen LogP) is 3.01. The molecular weight excluding hydrogens is 436 g/mol. The average molecular weight is 455 g/mol. The van der Waals surface area contributed by atoms with Gasteiger partial charge in [-0.05, 0) is 47.0 Å². The summed E-state index contributed by atoms with van der Waals surface area (Å²) >= 11 is 5.84. The topological polar surface area (TPSA) is 83.5 Å². The van der Waals surface area contributed by atoms with Crippen molar-refractivity contribution in [2.45, 2.75) is 11.3 Å². The molecule has 2 fully saturated rings. The van der Waals surface area contributed by atoms with E-state index in [1.54, 1.807) is 29.4 Å². The number of carbonyl (C=O) groups is 1. The second kappa shape index (κ2) is 7.71. The largest absolute Gasteiger partial charge is 0.336 e. The summed E-state index contributed by atoms with van der Waals surface area (Å²) in [5.74, 6) is -0.0989. The van der Waals surface area contributed by atoms with Gasteiger partial charge in [0.25, 0.3) is 5.91 Å². The lowest BCUT2D eigenvalue weighted by atomic mass is 10.0. The van der Waals surface area contributed by atoms with Gasteiger partial charge in [-0.25, -0.2) is 13.4 Å². The van der Waals surface area contributed by atoms with Gasteiger partial charge < -0.3 is 4.90 Å². The van der Waals surface area contributed by atoms with E-state index in [1.807, 2.05) is 36.4 Å². The zero-order chi connectivity index (χ0) is 21.6. The van der Waals surface area contributed by atoms with Crippen molar-refractivity contribution in [1.82, 2.24) is 19.2 Å². The van der Waals surface area contributed by atoms with E-state index < -0.39 is 15.3 Å². The van der Waals surface area contributed by atoms with Gasteiger partial charge in [0.15, 0.2) is 0 Å². The minimum Gasteiger partial charge on any atom is -0.336 e. The number of hydrogen-bond acceptors (Lipinski definition) is 5. The number of carbonyl (C=O) groups excluding carboxylic acids is 1. The fourth-order valence-electron chi connectivity index (χ4n) is 4.31. The lowest BCUT2D eigenvalue weighted by Gasteiger charge is -2.52. The van der Waals surface area contributed by atoms with E-state index in [-0.39, 0.29) is 11.9 Å². The lowest BCUT2D eigenvalue weighted by Crippen LogP contribution is -2.67. The molecule has 2 saturated heterocycles. The molecule has 7 nitrogen and oxygen atoms in total. The van der Waals surface area contributed by atoms with Crippen LogP contribution in [0.5, 0.6) is 0 Å². The Labute approximate surface area is 185 Å². The molecule has 0 saturated carbocycles. The Morgan fingerprint density at radius 1 is 0.968 bits per heavy atom. The first-order chi connectivity index (χ1) is 14.9. The number of rotatable bonds is 3. The average Bonchev–Trinajstić information content (AvgIpc) is 2.80. The molecule has 3 aromatic rings. The first-order valence-electron chi connectivity index (χ1n) is 9.87. The number of pyridine rings is 2.